The van der Waals surface area contributed by atoms with Gasteiger partial charge in [-0.25, -0.2) is 19.7 Å². The Morgan fingerprint density at radius 3 is 2.51 bits per heavy atom. The van der Waals surface area contributed by atoms with Crippen LogP contribution in [-0.4, -0.2) is 69.4 Å². The van der Waals surface area contributed by atoms with Crippen molar-refractivity contribution >= 4 is 29.3 Å². The number of hydrogen-bond acceptors (Lipinski definition) is 9. The number of anilines is 3. The van der Waals surface area contributed by atoms with Crippen LogP contribution in [0.1, 0.15) is 28.9 Å². The summed E-state index contributed by atoms with van der Waals surface area (Å²) >= 11 is 0. The molecule has 0 unspecified atom stereocenters. The zero-order valence-corrected chi connectivity index (χ0v) is 20.7. The van der Waals surface area contributed by atoms with E-state index in [1.54, 1.807) is 12.1 Å². The van der Waals surface area contributed by atoms with Crippen LogP contribution in [0, 0.1) is 0 Å². The zero-order chi connectivity index (χ0) is 28.2. The molecule has 1 aliphatic heterocycles. The molecule has 0 bridgehead atoms. The predicted molar refractivity (Wildman–Crippen MR) is 134 cm³/mol. The van der Waals surface area contributed by atoms with Gasteiger partial charge in [-0.1, -0.05) is 0 Å². The van der Waals surface area contributed by atoms with Gasteiger partial charge in [0, 0.05) is 32.6 Å². The van der Waals surface area contributed by atoms with Crippen molar-refractivity contribution in [1.29, 1.82) is 0 Å². The van der Waals surface area contributed by atoms with Crippen molar-refractivity contribution in [2.24, 2.45) is 0 Å². The number of methoxy groups -OCH3 is 1. The third-order valence-electron chi connectivity index (χ3n) is 6.24. The second-order valence-corrected chi connectivity index (χ2v) is 8.84. The molecule has 39 heavy (non-hydrogen) atoms. The minimum absolute atomic E-state index is 0.161. The third kappa shape index (κ3) is 6.14. The Morgan fingerprint density at radius 2 is 1.85 bits per heavy atom. The van der Waals surface area contributed by atoms with Gasteiger partial charge >= 0.3 is 12.3 Å². The molecular formula is C24H25F3N8O4. The summed E-state index contributed by atoms with van der Waals surface area (Å²) in [6.45, 7) is 1.05. The standard InChI is InChI=1S/C24H25F3N8O4/c1-39-13-23(34-22(37)38)6-10-35(11-7-23)16-5-3-9-30-20(16)33-21(36)18-19(28)31-12-15(32-18)17-14(24(25,26)27)4-2-8-29-17/h2-5,8-9,12,34H,6-7,10-11,13H2,1H3,(H2,28,31)(H,37,38)(H,30,33,36). The fourth-order valence-electron chi connectivity index (χ4n) is 4.42. The smallest absolute Gasteiger partial charge is 0.418 e. The zero-order valence-electron chi connectivity index (χ0n) is 20.7. The van der Waals surface area contributed by atoms with Crippen LogP contribution in [0.15, 0.2) is 42.9 Å². The lowest BCUT2D eigenvalue weighted by Crippen LogP contribution is -2.57. The van der Waals surface area contributed by atoms with Crippen LogP contribution < -0.4 is 21.3 Å². The van der Waals surface area contributed by atoms with E-state index in [2.05, 4.69) is 30.6 Å². The Balaban J connectivity index is 1.57. The number of nitrogen functional groups attached to an aromatic ring is 1. The lowest BCUT2D eigenvalue weighted by atomic mass is 9.88. The molecule has 1 saturated heterocycles. The molecule has 2 amide bonds. The predicted octanol–water partition coefficient (Wildman–Crippen LogP) is 3.04. The number of pyridine rings is 2. The molecule has 3 aromatic rings. The molecule has 0 atom stereocenters. The van der Waals surface area contributed by atoms with Gasteiger partial charge in [0.1, 0.15) is 11.4 Å². The average molecular weight is 547 g/mol. The number of piperidine rings is 1. The molecule has 5 N–H and O–H groups in total. The van der Waals surface area contributed by atoms with E-state index in [0.29, 0.717) is 31.6 Å². The molecule has 0 radical (unpaired) electrons. The molecule has 1 aliphatic rings. The number of hydrogen-bond donors (Lipinski definition) is 4. The third-order valence-corrected chi connectivity index (χ3v) is 6.24. The maximum Gasteiger partial charge on any atom is 0.418 e. The van der Waals surface area contributed by atoms with Gasteiger partial charge in [-0.05, 0) is 37.1 Å². The maximum atomic E-state index is 13.5. The summed E-state index contributed by atoms with van der Waals surface area (Å²) in [4.78, 5) is 42.3. The van der Waals surface area contributed by atoms with E-state index in [0.717, 1.165) is 18.3 Å². The second kappa shape index (κ2) is 11.1. The molecule has 0 saturated carbocycles. The van der Waals surface area contributed by atoms with Gasteiger partial charge in [0.2, 0.25) is 0 Å². The minimum Gasteiger partial charge on any atom is -0.465 e. The molecule has 3 aromatic heterocycles. The molecule has 0 aromatic carbocycles. The van der Waals surface area contributed by atoms with Gasteiger partial charge in [0.15, 0.2) is 17.3 Å². The van der Waals surface area contributed by atoms with Gasteiger partial charge in [-0.3, -0.25) is 9.78 Å². The second-order valence-electron chi connectivity index (χ2n) is 8.84. The molecule has 15 heteroatoms. The summed E-state index contributed by atoms with van der Waals surface area (Å²) in [7, 11) is 1.49. The largest absolute Gasteiger partial charge is 0.465 e. The first-order valence-corrected chi connectivity index (χ1v) is 11.7. The fraction of sp³-hybridized carbons (Fsp3) is 0.333. The number of amides is 2. The average Bonchev–Trinajstić information content (AvgIpc) is 2.89. The summed E-state index contributed by atoms with van der Waals surface area (Å²) in [6.07, 6.45) is -1.34. The van der Waals surface area contributed by atoms with Gasteiger partial charge < -0.3 is 31.1 Å². The molecule has 0 spiro atoms. The Morgan fingerprint density at radius 1 is 1.15 bits per heavy atom. The molecule has 4 heterocycles. The lowest BCUT2D eigenvalue weighted by molar-refractivity contribution is -0.137. The first-order chi connectivity index (χ1) is 18.5. The molecule has 1 fully saturated rings. The molecule has 0 aliphatic carbocycles. The summed E-state index contributed by atoms with van der Waals surface area (Å²) in [5.41, 5.74) is 3.45. The minimum atomic E-state index is -4.70. The summed E-state index contributed by atoms with van der Waals surface area (Å²) in [5.74, 6) is -0.960. The maximum absolute atomic E-state index is 13.5. The van der Waals surface area contributed by atoms with Crippen LogP contribution >= 0.6 is 0 Å². The number of alkyl halides is 3. The van der Waals surface area contributed by atoms with E-state index < -0.39 is 40.7 Å². The van der Waals surface area contributed by atoms with E-state index in [4.69, 9.17) is 10.5 Å². The highest BCUT2D eigenvalue weighted by Gasteiger charge is 2.37. The van der Waals surface area contributed by atoms with Crippen LogP contribution in [0.4, 0.5) is 35.3 Å². The van der Waals surface area contributed by atoms with Crippen LogP contribution in [0.3, 0.4) is 0 Å². The Labute approximate surface area is 220 Å². The Kier molecular flexibility index (Phi) is 7.80. The van der Waals surface area contributed by atoms with Crippen molar-refractivity contribution in [3.05, 3.63) is 54.1 Å². The van der Waals surface area contributed by atoms with Crippen molar-refractivity contribution in [3.8, 4) is 11.4 Å². The Bertz CT molecular complexity index is 1360. The highest BCUT2D eigenvalue weighted by atomic mass is 19.4. The number of aromatic nitrogens is 4. The van der Waals surface area contributed by atoms with Crippen molar-refractivity contribution in [3.63, 3.8) is 0 Å². The highest BCUT2D eigenvalue weighted by molar-refractivity contribution is 6.06. The summed E-state index contributed by atoms with van der Waals surface area (Å²) in [6, 6.07) is 5.40. The topological polar surface area (TPSA) is 168 Å². The number of halogens is 3. The normalized spacial score (nSPS) is 15.0. The van der Waals surface area contributed by atoms with Gasteiger partial charge in [0.05, 0.1) is 29.6 Å². The van der Waals surface area contributed by atoms with Gasteiger partial charge in [0.25, 0.3) is 5.91 Å². The monoisotopic (exact) mass is 546 g/mol. The number of carbonyl (C=O) groups excluding carboxylic acids is 1. The van der Waals surface area contributed by atoms with E-state index in [1.807, 2.05) is 4.90 Å². The van der Waals surface area contributed by atoms with E-state index >= 15 is 0 Å². The summed E-state index contributed by atoms with van der Waals surface area (Å²) < 4.78 is 45.7. The van der Waals surface area contributed by atoms with E-state index in [-0.39, 0.29) is 23.9 Å². The number of nitrogens with zero attached hydrogens (tertiary/aromatic N) is 5. The number of carboxylic acid groups (broad SMARTS) is 1. The molecule has 12 nitrogen and oxygen atoms in total. The van der Waals surface area contributed by atoms with E-state index in [9.17, 15) is 27.9 Å². The van der Waals surface area contributed by atoms with Crippen LogP contribution in [0.5, 0.6) is 0 Å². The highest BCUT2D eigenvalue weighted by Crippen LogP contribution is 2.35. The van der Waals surface area contributed by atoms with Crippen LogP contribution in [0.25, 0.3) is 11.4 Å². The number of nitrogens with one attached hydrogen (secondary N) is 2. The fourth-order valence-corrected chi connectivity index (χ4v) is 4.42. The van der Waals surface area contributed by atoms with Crippen molar-refractivity contribution in [1.82, 2.24) is 25.3 Å². The van der Waals surface area contributed by atoms with Crippen LogP contribution in [0.2, 0.25) is 0 Å². The quantitative estimate of drug-likeness (QED) is 0.346. The first kappa shape index (κ1) is 27.5. The molecule has 206 valence electrons. The molecule has 4 rings (SSSR count). The Hall–Kier alpha value is -4.53. The number of carbonyl (C=O) groups is 2. The van der Waals surface area contributed by atoms with Crippen molar-refractivity contribution in [2.45, 2.75) is 24.6 Å². The number of rotatable bonds is 7. The van der Waals surface area contributed by atoms with Crippen molar-refractivity contribution in [2.75, 3.05) is 42.8 Å². The van der Waals surface area contributed by atoms with Crippen molar-refractivity contribution < 1.29 is 32.6 Å². The lowest BCUT2D eigenvalue weighted by Gasteiger charge is -2.42. The summed E-state index contributed by atoms with van der Waals surface area (Å²) in [5, 5.41) is 14.4. The van der Waals surface area contributed by atoms with Gasteiger partial charge in [-0.15, -0.1) is 0 Å². The number of nitrogens with two attached hydrogens (primary N) is 1. The first-order valence-electron chi connectivity index (χ1n) is 11.7. The van der Waals surface area contributed by atoms with Crippen LogP contribution in [-0.2, 0) is 10.9 Å². The van der Waals surface area contributed by atoms with E-state index in [1.165, 1.54) is 19.5 Å². The van der Waals surface area contributed by atoms with Gasteiger partial charge in [-0.2, -0.15) is 13.2 Å². The SMILES string of the molecule is COCC1(NC(=O)O)CCN(c2cccnc2NC(=O)c2nc(-c3ncccc3C(F)(F)F)cnc2N)CC1. The molecular weight excluding hydrogens is 521 g/mol. The number of ether oxygens (including phenoxy) is 1.